The molecule has 122 valence electrons. The average molecular weight is 344 g/mol. The van der Waals surface area contributed by atoms with Crippen LogP contribution in [0.5, 0.6) is 0 Å². The van der Waals surface area contributed by atoms with Gasteiger partial charge in [-0.2, -0.15) is 0 Å². The highest BCUT2D eigenvalue weighted by Crippen LogP contribution is 2.19. The third-order valence-corrected chi connectivity index (χ3v) is 4.48. The Kier molecular flexibility index (Phi) is 6.41. The maximum atomic E-state index is 13.1. The maximum absolute atomic E-state index is 13.1. The molecule has 6 heteroatoms. The summed E-state index contributed by atoms with van der Waals surface area (Å²) in [5.41, 5.74) is 0.969. The van der Waals surface area contributed by atoms with Crippen molar-refractivity contribution in [2.45, 2.75) is 20.4 Å². The molecule has 1 fully saturated rings. The number of thiocarbonyl (C=S) groups is 1. The van der Waals surface area contributed by atoms with Gasteiger partial charge in [0.1, 0.15) is 5.82 Å². The highest BCUT2D eigenvalue weighted by atomic mass is 35.5. The van der Waals surface area contributed by atoms with Crippen LogP contribution in [0.2, 0.25) is 5.02 Å². The number of hydrogen-bond acceptors (Lipinski definition) is 2. The normalized spacial score (nSPS) is 16.1. The fourth-order valence-electron chi connectivity index (χ4n) is 2.40. The summed E-state index contributed by atoms with van der Waals surface area (Å²) >= 11 is 11.5. The Bertz CT molecular complexity index is 516. The fraction of sp³-hybridized carbons (Fsp3) is 0.562. The molecule has 0 aromatic heterocycles. The molecular weight excluding hydrogens is 321 g/mol. The molecule has 0 aliphatic carbocycles. The van der Waals surface area contributed by atoms with Crippen LogP contribution >= 0.6 is 23.8 Å². The Hall–Kier alpha value is -0.910. The van der Waals surface area contributed by atoms with Gasteiger partial charge >= 0.3 is 0 Å². The number of benzene rings is 1. The SMILES string of the molecule is CC(C)CNC(=S)N1CCN(Cc2ccc(F)cc2Cl)CC1. The quantitative estimate of drug-likeness (QED) is 0.846. The van der Waals surface area contributed by atoms with Gasteiger partial charge in [0.05, 0.1) is 0 Å². The molecule has 1 aromatic rings. The van der Waals surface area contributed by atoms with Gasteiger partial charge < -0.3 is 10.2 Å². The summed E-state index contributed by atoms with van der Waals surface area (Å²) in [6.07, 6.45) is 0. The van der Waals surface area contributed by atoms with Gasteiger partial charge in [-0.1, -0.05) is 31.5 Å². The Morgan fingerprint density at radius 1 is 1.32 bits per heavy atom. The van der Waals surface area contributed by atoms with E-state index in [1.165, 1.54) is 12.1 Å². The molecule has 1 aliphatic rings. The van der Waals surface area contributed by atoms with E-state index in [0.717, 1.165) is 49.9 Å². The van der Waals surface area contributed by atoms with Crippen molar-refractivity contribution < 1.29 is 4.39 Å². The standard InChI is InChI=1S/C16H23ClFN3S/c1-12(2)10-19-16(22)21-7-5-20(6-8-21)11-13-3-4-14(18)9-15(13)17/h3-4,9,12H,5-8,10-11H2,1-2H3,(H,19,22). The predicted octanol–water partition coefficient (Wildman–Crippen LogP) is 3.13. The summed E-state index contributed by atoms with van der Waals surface area (Å²) < 4.78 is 13.1. The van der Waals surface area contributed by atoms with E-state index in [1.54, 1.807) is 6.07 Å². The van der Waals surface area contributed by atoms with Crippen LogP contribution in [0.3, 0.4) is 0 Å². The van der Waals surface area contributed by atoms with Crippen molar-refractivity contribution in [2.75, 3.05) is 32.7 Å². The van der Waals surface area contributed by atoms with Crippen LogP contribution in [0.15, 0.2) is 18.2 Å². The van der Waals surface area contributed by atoms with Gasteiger partial charge in [-0.3, -0.25) is 4.90 Å². The lowest BCUT2D eigenvalue weighted by Crippen LogP contribution is -2.51. The van der Waals surface area contributed by atoms with Crippen LogP contribution in [-0.4, -0.2) is 47.6 Å². The summed E-state index contributed by atoms with van der Waals surface area (Å²) in [4.78, 5) is 4.53. The van der Waals surface area contributed by atoms with Gasteiger partial charge in [0.25, 0.3) is 0 Å². The molecule has 0 atom stereocenters. The van der Waals surface area contributed by atoms with Crippen molar-refractivity contribution in [3.63, 3.8) is 0 Å². The van der Waals surface area contributed by atoms with E-state index in [1.807, 2.05) is 0 Å². The van der Waals surface area contributed by atoms with E-state index in [9.17, 15) is 4.39 Å². The van der Waals surface area contributed by atoms with E-state index in [-0.39, 0.29) is 5.82 Å². The maximum Gasteiger partial charge on any atom is 0.169 e. The lowest BCUT2D eigenvalue weighted by Gasteiger charge is -2.36. The van der Waals surface area contributed by atoms with Crippen LogP contribution in [0, 0.1) is 11.7 Å². The van der Waals surface area contributed by atoms with Crippen molar-refractivity contribution in [3.8, 4) is 0 Å². The lowest BCUT2D eigenvalue weighted by atomic mass is 10.2. The molecule has 2 rings (SSSR count). The molecule has 0 amide bonds. The molecule has 0 unspecified atom stereocenters. The highest BCUT2D eigenvalue weighted by Gasteiger charge is 2.19. The minimum absolute atomic E-state index is 0.292. The Balaban J connectivity index is 1.80. The first kappa shape index (κ1) is 17.4. The zero-order chi connectivity index (χ0) is 16.1. The van der Waals surface area contributed by atoms with Gasteiger partial charge in [0.2, 0.25) is 0 Å². The Morgan fingerprint density at radius 2 is 2.00 bits per heavy atom. The highest BCUT2D eigenvalue weighted by molar-refractivity contribution is 7.80. The Labute approximate surface area is 142 Å². The minimum Gasteiger partial charge on any atom is -0.362 e. The number of piperazine rings is 1. The first-order valence-electron chi connectivity index (χ1n) is 7.64. The van der Waals surface area contributed by atoms with Gasteiger partial charge in [-0.05, 0) is 35.8 Å². The van der Waals surface area contributed by atoms with Crippen LogP contribution in [-0.2, 0) is 6.54 Å². The summed E-state index contributed by atoms with van der Waals surface area (Å²) in [6.45, 7) is 9.66. The summed E-state index contributed by atoms with van der Waals surface area (Å²) in [7, 11) is 0. The molecule has 1 heterocycles. The summed E-state index contributed by atoms with van der Waals surface area (Å²) in [5, 5.41) is 4.65. The van der Waals surface area contributed by atoms with E-state index in [4.69, 9.17) is 23.8 Å². The molecule has 0 bridgehead atoms. The third-order valence-electron chi connectivity index (χ3n) is 3.73. The van der Waals surface area contributed by atoms with E-state index < -0.39 is 0 Å². The number of nitrogens with zero attached hydrogens (tertiary/aromatic N) is 2. The second kappa shape index (κ2) is 8.09. The lowest BCUT2D eigenvalue weighted by molar-refractivity contribution is 0.174. The molecule has 1 aromatic carbocycles. The largest absolute Gasteiger partial charge is 0.362 e. The van der Waals surface area contributed by atoms with Crippen LogP contribution < -0.4 is 5.32 Å². The van der Waals surface area contributed by atoms with Crippen LogP contribution in [0.4, 0.5) is 4.39 Å². The Morgan fingerprint density at radius 3 is 2.59 bits per heavy atom. The monoisotopic (exact) mass is 343 g/mol. The molecule has 1 aliphatic heterocycles. The van der Waals surface area contributed by atoms with Crippen molar-refractivity contribution in [1.29, 1.82) is 0 Å². The van der Waals surface area contributed by atoms with Crippen LogP contribution in [0.1, 0.15) is 19.4 Å². The van der Waals surface area contributed by atoms with Gasteiger partial charge in [0, 0.05) is 44.3 Å². The van der Waals surface area contributed by atoms with Gasteiger partial charge in [0.15, 0.2) is 5.11 Å². The minimum atomic E-state index is -0.292. The fourth-order valence-corrected chi connectivity index (χ4v) is 2.90. The summed E-state index contributed by atoms with van der Waals surface area (Å²) in [5.74, 6) is 0.292. The molecule has 0 saturated carbocycles. The third kappa shape index (κ3) is 5.07. The molecule has 22 heavy (non-hydrogen) atoms. The second-order valence-corrected chi connectivity index (χ2v) is 6.87. The van der Waals surface area contributed by atoms with Crippen molar-refractivity contribution in [3.05, 3.63) is 34.6 Å². The molecular formula is C16H23ClFN3S. The number of rotatable bonds is 4. The predicted molar refractivity (Wildman–Crippen MR) is 93.7 cm³/mol. The zero-order valence-electron chi connectivity index (χ0n) is 13.1. The number of hydrogen-bond donors (Lipinski definition) is 1. The summed E-state index contributed by atoms with van der Waals surface area (Å²) in [6, 6.07) is 4.60. The van der Waals surface area contributed by atoms with Crippen LogP contribution in [0.25, 0.3) is 0 Å². The van der Waals surface area contributed by atoms with Gasteiger partial charge in [-0.15, -0.1) is 0 Å². The molecule has 1 N–H and O–H groups in total. The average Bonchev–Trinajstić information content (AvgIpc) is 2.48. The van der Waals surface area contributed by atoms with Crippen molar-refractivity contribution in [1.82, 2.24) is 15.1 Å². The van der Waals surface area contributed by atoms with E-state index in [2.05, 4.69) is 29.0 Å². The second-order valence-electron chi connectivity index (χ2n) is 6.08. The smallest absolute Gasteiger partial charge is 0.169 e. The molecule has 0 spiro atoms. The van der Waals surface area contributed by atoms with E-state index >= 15 is 0 Å². The van der Waals surface area contributed by atoms with E-state index in [0.29, 0.717) is 10.9 Å². The zero-order valence-corrected chi connectivity index (χ0v) is 14.7. The molecule has 3 nitrogen and oxygen atoms in total. The molecule has 1 saturated heterocycles. The first-order chi connectivity index (χ1) is 10.5. The molecule has 0 radical (unpaired) electrons. The van der Waals surface area contributed by atoms with Crippen molar-refractivity contribution >= 4 is 28.9 Å². The van der Waals surface area contributed by atoms with Gasteiger partial charge in [-0.25, -0.2) is 4.39 Å². The topological polar surface area (TPSA) is 18.5 Å². The van der Waals surface area contributed by atoms with Crippen molar-refractivity contribution in [2.24, 2.45) is 5.92 Å². The first-order valence-corrected chi connectivity index (χ1v) is 8.43. The number of nitrogens with one attached hydrogen (secondary N) is 1. The number of halogens is 2.